The third-order valence-electron chi connectivity index (χ3n) is 6.02. The molecule has 6 rings (SSSR count). The average Bonchev–Trinajstić information content (AvgIpc) is 3.22. The highest BCUT2D eigenvalue weighted by Gasteiger charge is 2.22. The van der Waals surface area contributed by atoms with Crippen LogP contribution in [0.25, 0.3) is 43.7 Å². The molecule has 0 unspecified atom stereocenters. The van der Waals surface area contributed by atoms with Crippen LogP contribution < -0.4 is 0 Å². The zero-order valence-corrected chi connectivity index (χ0v) is 17.0. The van der Waals surface area contributed by atoms with E-state index in [0.717, 1.165) is 28.5 Å². The molecule has 0 saturated heterocycles. The molecule has 134 valence electrons. The van der Waals surface area contributed by atoms with E-state index < -0.39 is 0 Å². The standard InChI is InChI=1S/C26H18BrN/c27-20-11-8-16(9-12-20)26-22-7-3-6-21(22)25-23-15-18-5-2-1-4-17(18)14-19(23)10-13-24(25)28-26/h1-2,4-5,8-15H,3,6-7H2. The Morgan fingerprint density at radius 3 is 2.29 bits per heavy atom. The Morgan fingerprint density at radius 2 is 1.46 bits per heavy atom. The lowest BCUT2D eigenvalue weighted by molar-refractivity contribution is 0.913. The van der Waals surface area contributed by atoms with Gasteiger partial charge in [-0.25, -0.2) is 4.98 Å². The Bertz CT molecular complexity index is 1380. The highest BCUT2D eigenvalue weighted by Crippen LogP contribution is 2.39. The molecular weight excluding hydrogens is 406 g/mol. The average molecular weight is 424 g/mol. The van der Waals surface area contributed by atoms with Crippen molar-refractivity contribution < 1.29 is 0 Å². The molecule has 1 heterocycles. The van der Waals surface area contributed by atoms with Gasteiger partial charge in [-0.1, -0.05) is 58.4 Å². The molecule has 1 aliphatic rings. The zero-order chi connectivity index (χ0) is 18.7. The van der Waals surface area contributed by atoms with Crippen LogP contribution in [0.15, 0.2) is 77.3 Å². The number of nitrogens with zero attached hydrogens (tertiary/aromatic N) is 1. The molecule has 0 bridgehead atoms. The summed E-state index contributed by atoms with van der Waals surface area (Å²) in [7, 11) is 0. The molecule has 1 aromatic heterocycles. The van der Waals surface area contributed by atoms with E-state index in [0.29, 0.717) is 0 Å². The number of benzene rings is 4. The third kappa shape index (κ3) is 2.41. The van der Waals surface area contributed by atoms with Crippen LogP contribution in [0.3, 0.4) is 0 Å². The van der Waals surface area contributed by atoms with Crippen molar-refractivity contribution in [2.45, 2.75) is 19.3 Å². The smallest absolute Gasteiger partial charge is 0.0744 e. The van der Waals surface area contributed by atoms with Crippen molar-refractivity contribution in [1.29, 1.82) is 0 Å². The SMILES string of the molecule is Brc1ccc(-c2nc3ccc4cc5ccccc5cc4c3c3c2CCC3)cc1. The van der Waals surface area contributed by atoms with Crippen LogP contribution >= 0.6 is 15.9 Å². The lowest BCUT2D eigenvalue weighted by atomic mass is 9.94. The van der Waals surface area contributed by atoms with Gasteiger partial charge in [0.05, 0.1) is 11.2 Å². The summed E-state index contributed by atoms with van der Waals surface area (Å²) in [5.41, 5.74) is 6.43. The fraction of sp³-hybridized carbons (Fsp3) is 0.115. The number of aryl methyl sites for hydroxylation is 1. The van der Waals surface area contributed by atoms with E-state index >= 15 is 0 Å². The molecule has 0 saturated carbocycles. The molecule has 0 spiro atoms. The van der Waals surface area contributed by atoms with E-state index in [4.69, 9.17) is 4.98 Å². The molecule has 4 aromatic carbocycles. The molecule has 0 aliphatic heterocycles. The summed E-state index contributed by atoms with van der Waals surface area (Å²) in [5.74, 6) is 0. The Kier molecular flexibility index (Phi) is 3.57. The minimum atomic E-state index is 1.10. The number of halogens is 1. The molecule has 0 amide bonds. The van der Waals surface area contributed by atoms with Gasteiger partial charge in [-0.3, -0.25) is 0 Å². The summed E-state index contributed by atoms with van der Waals surface area (Å²) in [6, 6.07) is 26.3. The van der Waals surface area contributed by atoms with Crippen LogP contribution in [0, 0.1) is 0 Å². The van der Waals surface area contributed by atoms with E-state index in [2.05, 4.69) is 88.7 Å². The molecule has 5 aromatic rings. The van der Waals surface area contributed by atoms with Crippen molar-refractivity contribution in [2.75, 3.05) is 0 Å². The molecule has 1 aliphatic carbocycles. The summed E-state index contributed by atoms with van der Waals surface area (Å²) < 4.78 is 1.10. The molecule has 2 heteroatoms. The lowest BCUT2D eigenvalue weighted by Crippen LogP contribution is -1.96. The predicted octanol–water partition coefficient (Wildman–Crippen LogP) is 7.46. The monoisotopic (exact) mass is 423 g/mol. The van der Waals surface area contributed by atoms with Crippen LogP contribution in [0.2, 0.25) is 0 Å². The van der Waals surface area contributed by atoms with Gasteiger partial charge in [0.2, 0.25) is 0 Å². The van der Waals surface area contributed by atoms with Crippen LogP contribution in [-0.2, 0) is 12.8 Å². The second kappa shape index (κ2) is 6.15. The second-order valence-corrected chi connectivity index (χ2v) is 8.57. The van der Waals surface area contributed by atoms with E-state index in [1.54, 1.807) is 0 Å². The molecule has 0 atom stereocenters. The second-order valence-electron chi connectivity index (χ2n) is 7.66. The van der Waals surface area contributed by atoms with Gasteiger partial charge in [0, 0.05) is 15.4 Å². The number of fused-ring (bicyclic) bond motifs is 6. The topological polar surface area (TPSA) is 12.9 Å². The van der Waals surface area contributed by atoms with Gasteiger partial charge < -0.3 is 0 Å². The van der Waals surface area contributed by atoms with Gasteiger partial charge in [-0.05, 0) is 82.3 Å². The van der Waals surface area contributed by atoms with E-state index in [1.165, 1.54) is 50.0 Å². The first kappa shape index (κ1) is 16.3. The minimum Gasteiger partial charge on any atom is -0.247 e. The van der Waals surface area contributed by atoms with Gasteiger partial charge in [0.15, 0.2) is 0 Å². The third-order valence-corrected chi connectivity index (χ3v) is 6.55. The van der Waals surface area contributed by atoms with E-state index in [1.807, 2.05) is 0 Å². The molecule has 0 radical (unpaired) electrons. The van der Waals surface area contributed by atoms with Crippen molar-refractivity contribution in [3.05, 3.63) is 88.4 Å². The Balaban J connectivity index is 1.72. The number of hydrogen-bond donors (Lipinski definition) is 0. The Labute approximate surface area is 172 Å². The van der Waals surface area contributed by atoms with Gasteiger partial charge in [0.25, 0.3) is 0 Å². The summed E-state index contributed by atoms with van der Waals surface area (Å²) >= 11 is 3.55. The van der Waals surface area contributed by atoms with Gasteiger partial charge in [-0.15, -0.1) is 0 Å². The number of hydrogen-bond acceptors (Lipinski definition) is 1. The highest BCUT2D eigenvalue weighted by atomic mass is 79.9. The summed E-state index contributed by atoms with van der Waals surface area (Å²) in [6.45, 7) is 0. The van der Waals surface area contributed by atoms with Crippen LogP contribution in [0.4, 0.5) is 0 Å². The summed E-state index contributed by atoms with van der Waals surface area (Å²) in [6.07, 6.45) is 3.47. The van der Waals surface area contributed by atoms with Crippen molar-refractivity contribution in [3.63, 3.8) is 0 Å². The summed E-state index contributed by atoms with van der Waals surface area (Å²) in [4.78, 5) is 5.16. The summed E-state index contributed by atoms with van der Waals surface area (Å²) in [5, 5.41) is 6.59. The zero-order valence-electron chi connectivity index (χ0n) is 15.4. The van der Waals surface area contributed by atoms with E-state index in [9.17, 15) is 0 Å². The molecule has 0 fully saturated rings. The van der Waals surface area contributed by atoms with Crippen molar-refractivity contribution >= 4 is 48.4 Å². The lowest BCUT2D eigenvalue weighted by Gasteiger charge is -2.14. The molecular formula is C26H18BrN. The number of pyridine rings is 1. The first-order chi connectivity index (χ1) is 13.8. The number of aromatic nitrogens is 1. The first-order valence-electron chi connectivity index (χ1n) is 9.81. The van der Waals surface area contributed by atoms with Crippen LogP contribution in [0.1, 0.15) is 17.5 Å². The molecule has 0 N–H and O–H groups in total. The van der Waals surface area contributed by atoms with Gasteiger partial charge in [-0.2, -0.15) is 0 Å². The fourth-order valence-electron chi connectivity index (χ4n) is 4.73. The number of rotatable bonds is 1. The van der Waals surface area contributed by atoms with Gasteiger partial charge >= 0.3 is 0 Å². The minimum absolute atomic E-state index is 1.10. The van der Waals surface area contributed by atoms with E-state index in [-0.39, 0.29) is 0 Å². The normalized spacial score (nSPS) is 13.5. The molecule has 1 nitrogen and oxygen atoms in total. The van der Waals surface area contributed by atoms with Crippen LogP contribution in [0.5, 0.6) is 0 Å². The Hall–Kier alpha value is -2.71. The van der Waals surface area contributed by atoms with Gasteiger partial charge in [0.1, 0.15) is 0 Å². The first-order valence-corrected chi connectivity index (χ1v) is 10.6. The van der Waals surface area contributed by atoms with Crippen molar-refractivity contribution in [3.8, 4) is 11.3 Å². The predicted molar refractivity (Wildman–Crippen MR) is 122 cm³/mol. The maximum Gasteiger partial charge on any atom is 0.0744 e. The van der Waals surface area contributed by atoms with Crippen LogP contribution in [-0.4, -0.2) is 4.98 Å². The van der Waals surface area contributed by atoms with Crippen molar-refractivity contribution in [2.24, 2.45) is 0 Å². The Morgan fingerprint density at radius 1 is 0.714 bits per heavy atom. The fourth-order valence-corrected chi connectivity index (χ4v) is 4.99. The highest BCUT2D eigenvalue weighted by molar-refractivity contribution is 9.10. The maximum atomic E-state index is 5.16. The maximum absolute atomic E-state index is 5.16. The quantitative estimate of drug-likeness (QED) is 0.201. The molecule has 28 heavy (non-hydrogen) atoms. The largest absolute Gasteiger partial charge is 0.247 e. The van der Waals surface area contributed by atoms with Crippen molar-refractivity contribution in [1.82, 2.24) is 4.98 Å².